The van der Waals surface area contributed by atoms with Crippen LogP contribution in [0.1, 0.15) is 23.2 Å². The van der Waals surface area contributed by atoms with E-state index in [4.69, 9.17) is 0 Å². The third-order valence-corrected chi connectivity index (χ3v) is 3.20. The minimum atomic E-state index is -0.0804. The Morgan fingerprint density at radius 3 is 3.22 bits per heavy atom. The Hall–Kier alpha value is -1.95. The topological polar surface area (TPSA) is 82.7 Å². The third kappa shape index (κ3) is 2.06. The molecular formula is C12H15N5O. The zero-order chi connectivity index (χ0) is 12.4. The van der Waals surface area contributed by atoms with Gasteiger partial charge in [-0.05, 0) is 25.5 Å². The minimum Gasteiger partial charge on any atom is -0.348 e. The first-order chi connectivity index (χ1) is 8.84. The largest absolute Gasteiger partial charge is 0.348 e. The van der Waals surface area contributed by atoms with E-state index in [1.807, 2.05) is 0 Å². The van der Waals surface area contributed by atoms with E-state index < -0.39 is 0 Å². The van der Waals surface area contributed by atoms with Crippen molar-refractivity contribution in [2.75, 3.05) is 13.1 Å². The molecule has 2 aromatic rings. The van der Waals surface area contributed by atoms with Gasteiger partial charge in [0.2, 0.25) is 0 Å². The minimum absolute atomic E-state index is 0.0804. The highest BCUT2D eigenvalue weighted by Crippen LogP contribution is 2.12. The molecule has 0 saturated carbocycles. The number of fused-ring (bicyclic) bond motifs is 1. The van der Waals surface area contributed by atoms with Crippen LogP contribution in [-0.2, 0) is 0 Å². The number of imidazole rings is 1. The van der Waals surface area contributed by atoms with Gasteiger partial charge in [-0.1, -0.05) is 0 Å². The Bertz CT molecular complexity index is 558. The Balaban J connectivity index is 1.81. The van der Waals surface area contributed by atoms with Crippen molar-refractivity contribution >= 4 is 17.1 Å². The monoisotopic (exact) mass is 245 g/mol. The van der Waals surface area contributed by atoms with Crippen molar-refractivity contribution < 1.29 is 4.79 Å². The van der Waals surface area contributed by atoms with E-state index in [-0.39, 0.29) is 11.9 Å². The average molecular weight is 245 g/mol. The molecule has 1 unspecified atom stereocenters. The summed E-state index contributed by atoms with van der Waals surface area (Å²) in [5.41, 5.74) is 1.84. The van der Waals surface area contributed by atoms with Crippen LogP contribution in [0.15, 0.2) is 18.6 Å². The number of nitrogens with one attached hydrogen (secondary N) is 3. The number of pyridine rings is 1. The number of hydrogen-bond acceptors (Lipinski definition) is 4. The zero-order valence-electron chi connectivity index (χ0n) is 9.94. The molecule has 3 heterocycles. The highest BCUT2D eigenvalue weighted by atomic mass is 16.1. The number of amides is 1. The fourth-order valence-electron chi connectivity index (χ4n) is 2.27. The van der Waals surface area contributed by atoms with Crippen LogP contribution in [0.25, 0.3) is 11.2 Å². The SMILES string of the molecule is O=C(NC1CCCNC1)c1ccnc2[nH]cnc12. The van der Waals surface area contributed by atoms with Gasteiger partial charge >= 0.3 is 0 Å². The summed E-state index contributed by atoms with van der Waals surface area (Å²) < 4.78 is 0. The molecule has 0 spiro atoms. The maximum Gasteiger partial charge on any atom is 0.253 e. The smallest absolute Gasteiger partial charge is 0.253 e. The van der Waals surface area contributed by atoms with Crippen molar-refractivity contribution in [1.82, 2.24) is 25.6 Å². The molecular weight excluding hydrogens is 230 g/mol. The first-order valence-corrected chi connectivity index (χ1v) is 6.14. The van der Waals surface area contributed by atoms with Gasteiger partial charge in [0, 0.05) is 18.8 Å². The second-order valence-corrected chi connectivity index (χ2v) is 4.48. The maximum absolute atomic E-state index is 12.2. The second-order valence-electron chi connectivity index (χ2n) is 4.48. The van der Waals surface area contributed by atoms with Gasteiger partial charge in [0.25, 0.3) is 5.91 Å². The van der Waals surface area contributed by atoms with Gasteiger partial charge in [-0.3, -0.25) is 4.79 Å². The van der Waals surface area contributed by atoms with Gasteiger partial charge in [0.15, 0.2) is 5.65 Å². The standard InChI is InChI=1S/C12H15N5O/c18-12(17-8-2-1-4-13-6-8)9-3-5-14-11-10(9)15-7-16-11/h3,5,7-8,13H,1-2,4,6H2,(H,17,18)(H,14,15,16). The lowest BCUT2D eigenvalue weighted by Gasteiger charge is -2.23. The lowest BCUT2D eigenvalue weighted by Crippen LogP contribution is -2.45. The molecule has 0 radical (unpaired) electrons. The molecule has 1 aliphatic rings. The van der Waals surface area contributed by atoms with Crippen molar-refractivity contribution in [3.05, 3.63) is 24.2 Å². The Labute approximate surface area is 104 Å². The van der Waals surface area contributed by atoms with Gasteiger partial charge < -0.3 is 15.6 Å². The fraction of sp³-hybridized carbons (Fsp3) is 0.417. The molecule has 0 aliphatic carbocycles. The summed E-state index contributed by atoms with van der Waals surface area (Å²) in [7, 11) is 0. The summed E-state index contributed by atoms with van der Waals surface area (Å²) in [6.45, 7) is 1.87. The van der Waals surface area contributed by atoms with Gasteiger partial charge in [0.05, 0.1) is 11.9 Å². The maximum atomic E-state index is 12.2. The lowest BCUT2D eigenvalue weighted by molar-refractivity contribution is 0.0932. The highest BCUT2D eigenvalue weighted by Gasteiger charge is 2.18. The molecule has 1 atom stereocenters. The number of aromatic nitrogens is 3. The quantitative estimate of drug-likeness (QED) is 0.717. The summed E-state index contributed by atoms with van der Waals surface area (Å²) in [6, 6.07) is 1.91. The summed E-state index contributed by atoms with van der Waals surface area (Å²) in [6.07, 6.45) is 5.29. The molecule has 18 heavy (non-hydrogen) atoms. The van der Waals surface area contributed by atoms with Crippen molar-refractivity contribution in [2.45, 2.75) is 18.9 Å². The summed E-state index contributed by atoms with van der Waals surface area (Å²) in [5.74, 6) is -0.0804. The van der Waals surface area contributed by atoms with E-state index in [9.17, 15) is 4.79 Å². The number of hydrogen-bond donors (Lipinski definition) is 3. The first kappa shape index (κ1) is 11.2. The van der Waals surface area contributed by atoms with Crippen LogP contribution >= 0.6 is 0 Å². The number of carbonyl (C=O) groups excluding carboxylic acids is 1. The Morgan fingerprint density at radius 1 is 1.44 bits per heavy atom. The van der Waals surface area contributed by atoms with Gasteiger partial charge in [-0.2, -0.15) is 0 Å². The average Bonchev–Trinajstić information content (AvgIpc) is 2.87. The number of nitrogens with zero attached hydrogens (tertiary/aromatic N) is 2. The number of H-pyrrole nitrogens is 1. The fourth-order valence-corrected chi connectivity index (χ4v) is 2.27. The molecule has 94 valence electrons. The van der Waals surface area contributed by atoms with Gasteiger partial charge in [-0.15, -0.1) is 0 Å². The van der Waals surface area contributed by atoms with Crippen LogP contribution in [0.2, 0.25) is 0 Å². The highest BCUT2D eigenvalue weighted by molar-refractivity contribution is 6.03. The first-order valence-electron chi connectivity index (χ1n) is 6.14. The number of rotatable bonds is 2. The van der Waals surface area contributed by atoms with Crippen LogP contribution in [0.3, 0.4) is 0 Å². The summed E-state index contributed by atoms with van der Waals surface area (Å²) >= 11 is 0. The van der Waals surface area contributed by atoms with E-state index in [1.54, 1.807) is 18.6 Å². The lowest BCUT2D eigenvalue weighted by atomic mass is 10.1. The molecule has 1 aliphatic heterocycles. The van der Waals surface area contributed by atoms with Crippen LogP contribution in [0, 0.1) is 0 Å². The van der Waals surface area contributed by atoms with E-state index in [0.29, 0.717) is 16.7 Å². The number of carbonyl (C=O) groups is 1. The van der Waals surface area contributed by atoms with Gasteiger partial charge in [-0.25, -0.2) is 9.97 Å². The number of piperidine rings is 1. The second kappa shape index (κ2) is 4.73. The Morgan fingerprint density at radius 2 is 2.39 bits per heavy atom. The van der Waals surface area contributed by atoms with Crippen molar-refractivity contribution in [2.24, 2.45) is 0 Å². The van der Waals surface area contributed by atoms with E-state index in [1.165, 1.54) is 0 Å². The molecule has 1 saturated heterocycles. The van der Waals surface area contributed by atoms with Crippen LogP contribution in [-0.4, -0.2) is 40.0 Å². The molecule has 2 aromatic heterocycles. The normalized spacial score (nSPS) is 19.9. The molecule has 6 nitrogen and oxygen atoms in total. The van der Waals surface area contributed by atoms with E-state index in [2.05, 4.69) is 25.6 Å². The van der Waals surface area contributed by atoms with Crippen LogP contribution in [0.4, 0.5) is 0 Å². The Kier molecular flexibility index (Phi) is 2.93. The predicted molar refractivity (Wildman–Crippen MR) is 67.2 cm³/mol. The molecule has 3 N–H and O–H groups in total. The molecule has 0 aromatic carbocycles. The molecule has 6 heteroatoms. The van der Waals surface area contributed by atoms with Crippen molar-refractivity contribution in [3.63, 3.8) is 0 Å². The molecule has 1 amide bonds. The third-order valence-electron chi connectivity index (χ3n) is 3.20. The zero-order valence-corrected chi connectivity index (χ0v) is 9.94. The predicted octanol–water partition coefficient (Wildman–Crippen LogP) is 0.440. The molecule has 1 fully saturated rings. The van der Waals surface area contributed by atoms with Crippen LogP contribution in [0.5, 0.6) is 0 Å². The number of aromatic amines is 1. The summed E-state index contributed by atoms with van der Waals surface area (Å²) in [5, 5.41) is 6.31. The van der Waals surface area contributed by atoms with E-state index >= 15 is 0 Å². The van der Waals surface area contributed by atoms with Gasteiger partial charge in [0.1, 0.15) is 5.52 Å². The summed E-state index contributed by atoms with van der Waals surface area (Å²) in [4.78, 5) is 23.4. The van der Waals surface area contributed by atoms with Crippen LogP contribution < -0.4 is 10.6 Å². The van der Waals surface area contributed by atoms with E-state index in [0.717, 1.165) is 25.9 Å². The molecule has 0 bridgehead atoms. The molecule has 3 rings (SSSR count). The van der Waals surface area contributed by atoms with Crippen molar-refractivity contribution in [3.8, 4) is 0 Å². The van der Waals surface area contributed by atoms with Crippen molar-refractivity contribution in [1.29, 1.82) is 0 Å².